The minimum Gasteiger partial charge on any atom is -0.493 e. The summed E-state index contributed by atoms with van der Waals surface area (Å²) >= 11 is 13.5. The van der Waals surface area contributed by atoms with Gasteiger partial charge in [-0.25, -0.2) is 4.79 Å². The zero-order valence-corrected chi connectivity index (χ0v) is 19.3. The predicted molar refractivity (Wildman–Crippen MR) is 125 cm³/mol. The second-order valence-electron chi connectivity index (χ2n) is 6.14. The van der Waals surface area contributed by atoms with E-state index in [2.05, 4.69) is 20.3 Å². The van der Waals surface area contributed by atoms with Gasteiger partial charge in [-0.2, -0.15) is 5.10 Å². The second kappa shape index (κ2) is 11.0. The molecule has 2 aromatic rings. The van der Waals surface area contributed by atoms with Crippen LogP contribution in [0.1, 0.15) is 11.1 Å². The molecule has 1 amide bonds. The van der Waals surface area contributed by atoms with E-state index in [9.17, 15) is 9.59 Å². The number of carbonyl (C=O) groups excluding carboxylic acids is 2. The van der Waals surface area contributed by atoms with Crippen LogP contribution < -0.4 is 14.8 Å². The predicted octanol–water partition coefficient (Wildman–Crippen LogP) is 4.19. The number of nitrogens with one attached hydrogen (secondary N) is 1. The number of esters is 1. The molecule has 0 aromatic heterocycles. The first-order chi connectivity index (χ1) is 15.4. The average molecular weight is 494 g/mol. The van der Waals surface area contributed by atoms with E-state index in [1.807, 2.05) is 18.2 Å². The third kappa shape index (κ3) is 6.03. The van der Waals surface area contributed by atoms with Crippen LogP contribution in [0.5, 0.6) is 11.5 Å². The highest BCUT2D eigenvalue weighted by Crippen LogP contribution is 2.34. The number of halogens is 2. The Morgan fingerprint density at radius 1 is 1.16 bits per heavy atom. The lowest BCUT2D eigenvalue weighted by Crippen LogP contribution is -2.19. The molecule has 11 heteroatoms. The molecule has 1 saturated heterocycles. The number of hydrogen-bond acceptors (Lipinski definition) is 8. The Morgan fingerprint density at radius 3 is 2.66 bits per heavy atom. The fraction of sp³-hybridized carbons (Fsp3) is 0.143. The molecule has 1 N–H and O–H groups in total. The van der Waals surface area contributed by atoms with Gasteiger partial charge in [0.25, 0.3) is 5.91 Å². The normalized spacial score (nSPS) is 15.9. The molecule has 2 aromatic carbocycles. The van der Waals surface area contributed by atoms with Crippen molar-refractivity contribution in [1.29, 1.82) is 0 Å². The SMILES string of the molecule is COC(=O)/C=C1/S/C(=N\N=Cc2cc(OC)c(OCc3ccccc3Cl)cc2Cl)NC1=O. The van der Waals surface area contributed by atoms with Crippen LogP contribution in [-0.2, 0) is 20.9 Å². The van der Waals surface area contributed by atoms with Crippen molar-refractivity contribution >= 4 is 58.2 Å². The van der Waals surface area contributed by atoms with Gasteiger partial charge in [0, 0.05) is 28.3 Å². The van der Waals surface area contributed by atoms with Crippen molar-refractivity contribution in [3.63, 3.8) is 0 Å². The van der Waals surface area contributed by atoms with Crippen molar-refractivity contribution in [2.75, 3.05) is 14.2 Å². The fourth-order valence-electron chi connectivity index (χ4n) is 2.48. The smallest absolute Gasteiger partial charge is 0.331 e. The number of methoxy groups -OCH3 is 2. The van der Waals surface area contributed by atoms with Gasteiger partial charge in [-0.1, -0.05) is 41.4 Å². The molecule has 8 nitrogen and oxygen atoms in total. The molecule has 0 radical (unpaired) electrons. The zero-order valence-electron chi connectivity index (χ0n) is 16.9. The molecule has 3 rings (SSSR count). The Labute approximate surface area is 198 Å². The maximum Gasteiger partial charge on any atom is 0.331 e. The Bertz CT molecular complexity index is 1130. The first kappa shape index (κ1) is 23.6. The number of amides is 1. The van der Waals surface area contributed by atoms with Gasteiger partial charge < -0.3 is 14.2 Å². The lowest BCUT2D eigenvalue weighted by atomic mass is 10.2. The molecule has 0 spiro atoms. The lowest BCUT2D eigenvalue weighted by molar-refractivity contribution is -0.135. The minimum atomic E-state index is -0.636. The van der Waals surface area contributed by atoms with Gasteiger partial charge in [-0.3, -0.25) is 10.1 Å². The number of amidine groups is 1. The summed E-state index contributed by atoms with van der Waals surface area (Å²) in [5.74, 6) is -0.211. The monoisotopic (exact) mass is 493 g/mol. The third-order valence-electron chi connectivity index (χ3n) is 4.07. The van der Waals surface area contributed by atoms with E-state index in [-0.39, 0.29) is 16.7 Å². The summed E-state index contributed by atoms with van der Waals surface area (Å²) in [5, 5.41) is 11.6. The summed E-state index contributed by atoms with van der Waals surface area (Å²) in [6.07, 6.45) is 2.49. The Kier molecular flexibility index (Phi) is 8.15. The minimum absolute atomic E-state index is 0.158. The number of ether oxygens (including phenoxy) is 3. The molecular weight excluding hydrogens is 477 g/mol. The first-order valence-corrected chi connectivity index (χ1v) is 10.6. The van der Waals surface area contributed by atoms with Crippen molar-refractivity contribution in [2.45, 2.75) is 6.61 Å². The van der Waals surface area contributed by atoms with Crippen LogP contribution in [0.4, 0.5) is 0 Å². The third-order valence-corrected chi connectivity index (χ3v) is 5.67. The van der Waals surface area contributed by atoms with Gasteiger partial charge in [0.2, 0.25) is 0 Å². The number of hydrogen-bond donors (Lipinski definition) is 1. The molecule has 0 atom stereocenters. The molecule has 1 aliphatic rings. The van der Waals surface area contributed by atoms with Gasteiger partial charge in [-0.15, -0.1) is 5.10 Å². The maximum atomic E-state index is 11.8. The molecule has 1 heterocycles. The highest BCUT2D eigenvalue weighted by Gasteiger charge is 2.25. The number of rotatable bonds is 7. The molecule has 1 aliphatic heterocycles. The number of carbonyl (C=O) groups is 2. The highest BCUT2D eigenvalue weighted by atomic mass is 35.5. The Morgan fingerprint density at radius 2 is 1.94 bits per heavy atom. The van der Waals surface area contributed by atoms with Crippen molar-refractivity contribution < 1.29 is 23.8 Å². The number of thioether (sulfide) groups is 1. The fourth-order valence-corrected chi connectivity index (χ4v) is 3.61. The van der Waals surface area contributed by atoms with E-state index in [1.54, 1.807) is 18.2 Å². The Hall–Kier alpha value is -3.01. The highest BCUT2D eigenvalue weighted by molar-refractivity contribution is 8.18. The van der Waals surface area contributed by atoms with Crippen molar-refractivity contribution in [2.24, 2.45) is 10.2 Å². The average Bonchev–Trinajstić information content (AvgIpc) is 3.13. The molecule has 32 heavy (non-hydrogen) atoms. The molecule has 0 unspecified atom stereocenters. The first-order valence-electron chi connectivity index (χ1n) is 9.05. The topological polar surface area (TPSA) is 98.6 Å². The summed E-state index contributed by atoms with van der Waals surface area (Å²) in [4.78, 5) is 23.3. The second-order valence-corrected chi connectivity index (χ2v) is 7.99. The van der Waals surface area contributed by atoms with Gasteiger partial charge in [0.15, 0.2) is 16.7 Å². The zero-order chi connectivity index (χ0) is 23.1. The summed E-state index contributed by atoms with van der Waals surface area (Å²) in [5.41, 5.74) is 1.35. The van der Waals surface area contributed by atoms with Crippen LogP contribution in [0, 0.1) is 0 Å². The van der Waals surface area contributed by atoms with E-state index >= 15 is 0 Å². The van der Waals surface area contributed by atoms with E-state index in [0.29, 0.717) is 27.1 Å². The Balaban J connectivity index is 1.72. The van der Waals surface area contributed by atoms with E-state index in [1.165, 1.54) is 20.4 Å². The molecule has 0 aliphatic carbocycles. The lowest BCUT2D eigenvalue weighted by Gasteiger charge is -2.13. The summed E-state index contributed by atoms with van der Waals surface area (Å²) in [7, 11) is 2.73. The molecule has 1 fully saturated rings. The maximum absolute atomic E-state index is 11.8. The van der Waals surface area contributed by atoms with Gasteiger partial charge in [0.05, 0.1) is 30.4 Å². The van der Waals surface area contributed by atoms with Crippen molar-refractivity contribution in [3.8, 4) is 11.5 Å². The number of nitrogens with zero attached hydrogens (tertiary/aromatic N) is 2. The largest absolute Gasteiger partial charge is 0.493 e. The molecule has 0 saturated carbocycles. The number of benzene rings is 2. The van der Waals surface area contributed by atoms with E-state index in [0.717, 1.165) is 23.4 Å². The molecule has 166 valence electrons. The van der Waals surface area contributed by atoms with Gasteiger partial charge in [-0.05, 0) is 23.9 Å². The molecular formula is C21H17Cl2N3O5S. The van der Waals surface area contributed by atoms with Gasteiger partial charge in [0.1, 0.15) is 6.61 Å². The summed E-state index contributed by atoms with van der Waals surface area (Å²) in [6.45, 7) is 0.242. The van der Waals surface area contributed by atoms with Crippen LogP contribution in [0.25, 0.3) is 0 Å². The van der Waals surface area contributed by atoms with Crippen LogP contribution in [0.3, 0.4) is 0 Å². The van der Waals surface area contributed by atoms with Crippen molar-refractivity contribution in [3.05, 3.63) is 68.6 Å². The standard InChI is InChI=1S/C21H17Cl2N3O5S/c1-29-16-7-13(10-24-26-21-25-20(28)18(32-21)9-19(27)30-2)15(23)8-17(16)31-11-12-5-3-4-6-14(12)22/h3-10H,11H2,1-2H3,(H,25,26,28)/b18-9+,24-10?. The van der Waals surface area contributed by atoms with Crippen molar-refractivity contribution in [1.82, 2.24) is 5.32 Å². The summed E-state index contributed by atoms with van der Waals surface area (Å²) in [6, 6.07) is 10.6. The van der Waals surface area contributed by atoms with Crippen LogP contribution >= 0.6 is 35.0 Å². The van der Waals surface area contributed by atoms with Gasteiger partial charge >= 0.3 is 5.97 Å². The van der Waals surface area contributed by atoms with Crippen LogP contribution in [0.15, 0.2) is 57.6 Å². The van der Waals surface area contributed by atoms with Crippen LogP contribution in [0.2, 0.25) is 10.0 Å². The molecule has 0 bridgehead atoms. The van der Waals surface area contributed by atoms with Crippen LogP contribution in [-0.4, -0.2) is 37.5 Å². The summed E-state index contributed by atoms with van der Waals surface area (Å²) < 4.78 is 15.7. The quantitative estimate of drug-likeness (QED) is 0.268. The van der Waals surface area contributed by atoms with E-state index in [4.69, 9.17) is 32.7 Å². The van der Waals surface area contributed by atoms with E-state index < -0.39 is 11.9 Å².